The smallest absolute Gasteiger partial charge is 0.317 e. The molecule has 0 unspecified atom stereocenters. The normalized spacial score (nSPS) is 19.5. The molecule has 4 aromatic rings. The molecule has 0 saturated heterocycles. The molecule has 12 heteroatoms. The first-order valence-corrected chi connectivity index (χ1v) is 12.2. The molecule has 1 aromatic carbocycles. The van der Waals surface area contributed by atoms with E-state index in [2.05, 4.69) is 19.9 Å². The van der Waals surface area contributed by atoms with E-state index in [0.717, 1.165) is 18.9 Å². The molecule has 34 heavy (non-hydrogen) atoms. The lowest BCUT2D eigenvalue weighted by Crippen LogP contribution is -2.38. The van der Waals surface area contributed by atoms with Gasteiger partial charge in [0.05, 0.1) is 10.5 Å². The Labute approximate surface area is 193 Å². The number of rotatable bonds is 5. The molecule has 3 aromatic heterocycles. The quantitative estimate of drug-likeness (QED) is 0.455. The zero-order chi connectivity index (χ0) is 23.9. The summed E-state index contributed by atoms with van der Waals surface area (Å²) in [5, 5.41) is 7.59. The molecule has 0 radical (unpaired) electrons. The predicted molar refractivity (Wildman–Crippen MR) is 117 cm³/mol. The van der Waals surface area contributed by atoms with Gasteiger partial charge in [0.25, 0.3) is 0 Å². The highest BCUT2D eigenvalue weighted by Crippen LogP contribution is 2.36. The largest absolute Gasteiger partial charge is 0.416 e. The van der Waals surface area contributed by atoms with Crippen LogP contribution in [0.3, 0.4) is 0 Å². The van der Waals surface area contributed by atoms with Gasteiger partial charge >= 0.3 is 6.18 Å². The van der Waals surface area contributed by atoms with Crippen molar-refractivity contribution >= 4 is 15.7 Å². The number of imidazole rings is 1. The van der Waals surface area contributed by atoms with Crippen LogP contribution in [0.15, 0.2) is 66.5 Å². The summed E-state index contributed by atoms with van der Waals surface area (Å²) < 4.78 is 73.8. The maximum atomic E-state index is 13.7. The molecule has 0 spiro atoms. The lowest BCUT2D eigenvalue weighted by molar-refractivity contribution is -0.137. The average molecular weight is 491 g/mol. The molecule has 5 rings (SSSR count). The van der Waals surface area contributed by atoms with Gasteiger partial charge in [-0.3, -0.25) is 0 Å². The Bertz CT molecular complexity index is 1420. The van der Waals surface area contributed by atoms with Gasteiger partial charge in [-0.05, 0) is 61.6 Å². The third-order valence-corrected chi connectivity index (χ3v) is 7.60. The molecule has 8 nitrogen and oxygen atoms in total. The molecule has 1 saturated carbocycles. The minimum absolute atomic E-state index is 0.0200. The van der Waals surface area contributed by atoms with Gasteiger partial charge in [-0.1, -0.05) is 0 Å². The van der Waals surface area contributed by atoms with E-state index in [1.807, 2.05) is 4.57 Å². The van der Waals surface area contributed by atoms with Crippen molar-refractivity contribution in [1.82, 2.24) is 28.9 Å². The van der Waals surface area contributed by atoms with Crippen LogP contribution in [-0.4, -0.2) is 38.6 Å². The molecule has 178 valence electrons. The number of nitrogens with one attached hydrogen (secondary N) is 1. The second kappa shape index (κ2) is 8.51. The Morgan fingerprint density at radius 1 is 1.06 bits per heavy atom. The van der Waals surface area contributed by atoms with Crippen molar-refractivity contribution in [2.75, 3.05) is 0 Å². The Morgan fingerprint density at radius 3 is 2.62 bits per heavy atom. The van der Waals surface area contributed by atoms with Gasteiger partial charge in [-0.2, -0.15) is 13.2 Å². The molecular formula is C22H21F3N6O2S. The van der Waals surface area contributed by atoms with Gasteiger partial charge in [0.15, 0.2) is 0 Å². The summed E-state index contributed by atoms with van der Waals surface area (Å²) in [5.41, 5.74) is -0.0782. The third-order valence-electron chi connectivity index (χ3n) is 6.10. The lowest BCUT2D eigenvalue weighted by atomic mass is 9.91. The Kier molecular flexibility index (Phi) is 5.64. The summed E-state index contributed by atoms with van der Waals surface area (Å²) in [6, 6.07) is 5.79. The average Bonchev–Trinajstić information content (AvgIpc) is 3.50. The Hall–Kier alpha value is -3.25. The second-order valence-electron chi connectivity index (χ2n) is 8.37. The van der Waals surface area contributed by atoms with Crippen LogP contribution in [0.5, 0.6) is 0 Å². The van der Waals surface area contributed by atoms with Crippen LogP contribution in [0.1, 0.15) is 37.3 Å². The van der Waals surface area contributed by atoms with Crippen LogP contribution >= 0.6 is 0 Å². The predicted octanol–water partition coefficient (Wildman–Crippen LogP) is 4.07. The van der Waals surface area contributed by atoms with Gasteiger partial charge in [-0.15, -0.1) is 10.2 Å². The number of aromatic nitrogens is 5. The number of hydrogen-bond acceptors (Lipinski definition) is 5. The standard InChI is InChI=1S/C22H21F3N6O2S/c23-22(24,25)16-9-15(20-5-2-7-30-8-6-26-21(20)30)10-19(11-16)34(32,33)29-17-3-1-4-18(12-17)31-13-27-28-14-31/h2,5-11,13-14,17-18,29H,1,3-4,12H2/t17-,18+/m0/s1. The molecule has 3 heterocycles. The summed E-state index contributed by atoms with van der Waals surface area (Å²) in [6.45, 7) is 0. The van der Waals surface area contributed by atoms with Crippen LogP contribution in [0.4, 0.5) is 13.2 Å². The fourth-order valence-electron chi connectivity index (χ4n) is 4.47. The lowest BCUT2D eigenvalue weighted by Gasteiger charge is -2.30. The number of pyridine rings is 1. The number of halogens is 3. The molecule has 1 N–H and O–H groups in total. The van der Waals surface area contributed by atoms with E-state index in [1.54, 1.807) is 41.6 Å². The first-order chi connectivity index (χ1) is 16.2. The first-order valence-electron chi connectivity index (χ1n) is 10.7. The van der Waals surface area contributed by atoms with E-state index in [0.29, 0.717) is 30.1 Å². The molecular weight excluding hydrogens is 469 g/mol. The minimum atomic E-state index is -4.72. The highest BCUT2D eigenvalue weighted by atomic mass is 32.2. The van der Waals surface area contributed by atoms with Crippen LogP contribution in [0.2, 0.25) is 0 Å². The van der Waals surface area contributed by atoms with E-state index >= 15 is 0 Å². The fraction of sp³-hybridized carbons (Fsp3) is 0.318. The first kappa shape index (κ1) is 22.5. The van der Waals surface area contributed by atoms with Gasteiger partial charge in [0.1, 0.15) is 18.3 Å². The highest BCUT2D eigenvalue weighted by Gasteiger charge is 2.34. The molecule has 0 aliphatic heterocycles. The maximum Gasteiger partial charge on any atom is 0.416 e. The van der Waals surface area contributed by atoms with Gasteiger partial charge in [0, 0.05) is 36.2 Å². The summed E-state index contributed by atoms with van der Waals surface area (Å²) in [5.74, 6) is 0. The highest BCUT2D eigenvalue weighted by molar-refractivity contribution is 7.89. The van der Waals surface area contributed by atoms with Gasteiger partial charge < -0.3 is 8.97 Å². The van der Waals surface area contributed by atoms with Crippen LogP contribution < -0.4 is 4.72 Å². The van der Waals surface area contributed by atoms with Crippen LogP contribution in [0.25, 0.3) is 16.8 Å². The zero-order valence-corrected chi connectivity index (χ0v) is 18.7. The maximum absolute atomic E-state index is 13.7. The second-order valence-corrected chi connectivity index (χ2v) is 10.1. The van der Waals surface area contributed by atoms with E-state index in [1.165, 1.54) is 12.3 Å². The zero-order valence-electron chi connectivity index (χ0n) is 17.9. The summed E-state index contributed by atoms with van der Waals surface area (Å²) in [7, 11) is -4.22. The van der Waals surface area contributed by atoms with Gasteiger partial charge in [-0.25, -0.2) is 18.1 Å². The van der Waals surface area contributed by atoms with E-state index in [4.69, 9.17) is 0 Å². The topological polar surface area (TPSA) is 94.2 Å². The van der Waals surface area contributed by atoms with E-state index in [9.17, 15) is 21.6 Å². The Balaban J connectivity index is 1.51. The number of sulfonamides is 1. The third kappa shape index (κ3) is 4.42. The van der Waals surface area contributed by atoms with Crippen molar-refractivity contribution in [3.63, 3.8) is 0 Å². The van der Waals surface area contributed by atoms with Crippen LogP contribution in [0, 0.1) is 0 Å². The number of nitrogens with zero attached hydrogens (tertiary/aromatic N) is 5. The Morgan fingerprint density at radius 2 is 1.85 bits per heavy atom. The summed E-state index contributed by atoms with van der Waals surface area (Å²) >= 11 is 0. The molecule has 1 aliphatic rings. The monoisotopic (exact) mass is 490 g/mol. The fourth-order valence-corrected chi connectivity index (χ4v) is 5.83. The molecule has 1 fully saturated rings. The van der Waals surface area contributed by atoms with E-state index in [-0.39, 0.29) is 11.6 Å². The van der Waals surface area contributed by atoms with Crippen LogP contribution in [-0.2, 0) is 16.2 Å². The number of alkyl halides is 3. The molecule has 0 bridgehead atoms. The SMILES string of the molecule is O=S(=O)(N[C@H]1CCC[C@@H](n2cnnc2)C1)c1cc(-c2cccn3ccnc23)cc(C(F)(F)F)c1. The van der Waals surface area contributed by atoms with Crippen molar-refractivity contribution < 1.29 is 21.6 Å². The van der Waals surface area contributed by atoms with Crippen molar-refractivity contribution in [2.45, 2.75) is 48.8 Å². The van der Waals surface area contributed by atoms with E-state index < -0.39 is 32.7 Å². The minimum Gasteiger partial charge on any atom is -0.317 e. The van der Waals surface area contributed by atoms with Crippen molar-refractivity contribution in [3.05, 3.63) is 67.1 Å². The number of fused-ring (bicyclic) bond motifs is 1. The van der Waals surface area contributed by atoms with Gasteiger partial charge in [0.2, 0.25) is 10.0 Å². The summed E-state index contributed by atoms with van der Waals surface area (Å²) in [4.78, 5) is 3.78. The molecule has 1 aliphatic carbocycles. The molecule has 2 atom stereocenters. The summed E-state index contributed by atoms with van der Waals surface area (Å²) in [6.07, 6.45) is 6.06. The van der Waals surface area contributed by atoms with Crippen molar-refractivity contribution in [3.8, 4) is 11.1 Å². The number of hydrogen-bond donors (Lipinski definition) is 1. The van der Waals surface area contributed by atoms with Crippen molar-refractivity contribution in [1.29, 1.82) is 0 Å². The number of benzene rings is 1. The molecule has 0 amide bonds. The van der Waals surface area contributed by atoms with Crippen molar-refractivity contribution in [2.24, 2.45) is 0 Å².